The molecule has 1 aliphatic carbocycles. The average molecular weight is 421 g/mol. The lowest BCUT2D eigenvalue weighted by atomic mass is 10.0. The van der Waals surface area contributed by atoms with E-state index in [1.807, 2.05) is 18.3 Å². The van der Waals surface area contributed by atoms with E-state index in [2.05, 4.69) is 29.3 Å². The van der Waals surface area contributed by atoms with Gasteiger partial charge in [-0.15, -0.1) is 11.3 Å². The summed E-state index contributed by atoms with van der Waals surface area (Å²) in [6, 6.07) is 11.4. The van der Waals surface area contributed by atoms with Gasteiger partial charge in [0.1, 0.15) is 11.5 Å². The molecule has 1 N–H and O–H groups in total. The molecule has 2 aliphatic rings. The molecule has 1 saturated heterocycles. The minimum atomic E-state index is -0.162. The minimum Gasteiger partial charge on any atom is -0.365 e. The van der Waals surface area contributed by atoms with Crippen LogP contribution < -0.4 is 15.9 Å². The maximum atomic E-state index is 13.5. The van der Waals surface area contributed by atoms with Crippen LogP contribution in [0.1, 0.15) is 27.6 Å². The number of aromatic nitrogens is 2. The predicted octanol–water partition coefficient (Wildman–Crippen LogP) is 2.39. The van der Waals surface area contributed by atoms with Crippen LogP contribution in [0.2, 0.25) is 0 Å². The molecule has 1 aliphatic heterocycles. The standard InChI is InChI=1S/C24H25FN4S/c1-16-28-23-21(30-16)10-8-18-5-3-11-27-22(18)24(23)29-13-12-26-20(15-29)9-7-17-4-2-6-19(25)14-17/h2-6,8,11,14,20,26H,7,9-10,12-13,15H2,1H3. The third-order valence-corrected chi connectivity index (χ3v) is 6.83. The highest BCUT2D eigenvalue weighted by Gasteiger charge is 2.27. The predicted molar refractivity (Wildman–Crippen MR) is 119 cm³/mol. The van der Waals surface area contributed by atoms with Gasteiger partial charge in [0.05, 0.1) is 16.1 Å². The molecule has 4 nitrogen and oxygen atoms in total. The number of halogens is 1. The van der Waals surface area contributed by atoms with Crippen LogP contribution in [0.4, 0.5) is 4.39 Å². The maximum absolute atomic E-state index is 13.5. The van der Waals surface area contributed by atoms with Gasteiger partial charge in [-0.3, -0.25) is 4.98 Å². The quantitative estimate of drug-likeness (QED) is 0.704. The fraction of sp³-hybridized carbons (Fsp3) is 0.333. The summed E-state index contributed by atoms with van der Waals surface area (Å²) in [5.74, 6) is -0.162. The highest BCUT2D eigenvalue weighted by atomic mass is 32.1. The zero-order chi connectivity index (χ0) is 20.5. The molecular weight excluding hydrogens is 395 g/mol. The number of pyridine rings is 1. The Morgan fingerprint density at radius 3 is 3.10 bits per heavy atom. The summed E-state index contributed by atoms with van der Waals surface area (Å²) in [6.07, 6.45) is 6.88. The highest BCUT2D eigenvalue weighted by molar-refractivity contribution is 7.11. The summed E-state index contributed by atoms with van der Waals surface area (Å²) in [4.78, 5) is 13.4. The van der Waals surface area contributed by atoms with Crippen LogP contribution in [-0.2, 0) is 12.8 Å². The molecule has 1 atom stereocenters. The zero-order valence-electron chi connectivity index (χ0n) is 17.1. The van der Waals surface area contributed by atoms with E-state index in [0.29, 0.717) is 6.04 Å². The van der Waals surface area contributed by atoms with Crippen molar-refractivity contribution in [2.75, 3.05) is 19.6 Å². The number of hydrogen-bond donors (Lipinski definition) is 1. The molecule has 3 aromatic rings. The molecule has 2 aromatic heterocycles. The number of rotatable bonds is 4. The second-order valence-electron chi connectivity index (χ2n) is 7.97. The van der Waals surface area contributed by atoms with E-state index in [-0.39, 0.29) is 5.82 Å². The minimum absolute atomic E-state index is 0.162. The van der Waals surface area contributed by atoms with Crippen molar-refractivity contribution >= 4 is 23.1 Å². The van der Waals surface area contributed by atoms with Crippen LogP contribution in [0.3, 0.4) is 0 Å². The third-order valence-electron chi connectivity index (χ3n) is 5.84. The first-order chi connectivity index (χ1) is 14.7. The Labute approximate surface area is 179 Å². The van der Waals surface area contributed by atoms with Crippen molar-refractivity contribution in [3.63, 3.8) is 0 Å². The molecule has 1 aromatic carbocycles. The molecule has 0 spiro atoms. The van der Waals surface area contributed by atoms with Crippen molar-refractivity contribution in [3.05, 3.63) is 80.1 Å². The van der Waals surface area contributed by atoms with Crippen LogP contribution in [0.25, 0.3) is 11.8 Å². The van der Waals surface area contributed by atoms with Gasteiger partial charge in [0.25, 0.3) is 0 Å². The van der Waals surface area contributed by atoms with Crippen molar-refractivity contribution in [2.45, 2.75) is 32.2 Å². The molecule has 0 amide bonds. The van der Waals surface area contributed by atoms with E-state index < -0.39 is 0 Å². The van der Waals surface area contributed by atoms with E-state index in [1.54, 1.807) is 23.5 Å². The van der Waals surface area contributed by atoms with E-state index in [9.17, 15) is 4.39 Å². The number of piperazine rings is 1. The maximum Gasteiger partial charge on any atom is 0.123 e. The summed E-state index contributed by atoms with van der Waals surface area (Å²) >= 11 is 1.78. The van der Waals surface area contributed by atoms with Gasteiger partial charge in [-0.25, -0.2) is 9.37 Å². The smallest absolute Gasteiger partial charge is 0.123 e. The van der Waals surface area contributed by atoms with Crippen molar-refractivity contribution in [1.82, 2.24) is 20.2 Å². The molecule has 5 rings (SSSR count). The van der Waals surface area contributed by atoms with Gasteiger partial charge >= 0.3 is 0 Å². The number of nitrogens with one attached hydrogen (secondary N) is 1. The number of aryl methyl sites for hydroxylation is 2. The topological polar surface area (TPSA) is 41.1 Å². The van der Waals surface area contributed by atoms with Crippen molar-refractivity contribution in [2.24, 2.45) is 0 Å². The lowest BCUT2D eigenvalue weighted by Crippen LogP contribution is -2.52. The third kappa shape index (κ3) is 3.89. The lowest BCUT2D eigenvalue weighted by Gasteiger charge is -2.36. The molecule has 1 fully saturated rings. The van der Waals surface area contributed by atoms with Gasteiger partial charge in [0.2, 0.25) is 0 Å². The summed E-state index contributed by atoms with van der Waals surface area (Å²) in [5.41, 5.74) is 3.31. The van der Waals surface area contributed by atoms with Crippen molar-refractivity contribution < 1.29 is 4.39 Å². The fourth-order valence-corrected chi connectivity index (χ4v) is 5.34. The Hall–Kier alpha value is -2.57. The first kappa shape index (κ1) is 19.4. The Morgan fingerprint density at radius 2 is 2.20 bits per heavy atom. The first-order valence-electron chi connectivity index (χ1n) is 10.5. The summed E-state index contributed by atoms with van der Waals surface area (Å²) in [5, 5.41) is 6.97. The molecule has 6 heteroatoms. The van der Waals surface area contributed by atoms with E-state index in [4.69, 9.17) is 9.97 Å². The number of fused-ring (bicyclic) bond motifs is 2. The summed E-state index contributed by atoms with van der Waals surface area (Å²) < 4.78 is 13.5. The summed E-state index contributed by atoms with van der Waals surface area (Å²) in [7, 11) is 0. The molecule has 0 bridgehead atoms. The monoisotopic (exact) mass is 420 g/mol. The van der Waals surface area contributed by atoms with Crippen LogP contribution in [0.5, 0.6) is 0 Å². The van der Waals surface area contributed by atoms with Gasteiger partial charge in [0.15, 0.2) is 0 Å². The fourth-order valence-electron chi connectivity index (χ4n) is 4.44. The number of thiazole rings is 1. The molecule has 3 heterocycles. The molecule has 0 saturated carbocycles. The van der Waals surface area contributed by atoms with Crippen LogP contribution >= 0.6 is 11.3 Å². The largest absolute Gasteiger partial charge is 0.365 e. The van der Waals surface area contributed by atoms with E-state index in [1.165, 1.54) is 16.2 Å². The Morgan fingerprint density at radius 1 is 1.27 bits per heavy atom. The Bertz CT molecular complexity index is 1190. The van der Waals surface area contributed by atoms with Crippen molar-refractivity contribution in [3.8, 4) is 0 Å². The van der Waals surface area contributed by atoms with Gasteiger partial charge in [-0.05, 0) is 48.7 Å². The Kier molecular flexibility index (Phi) is 5.35. The Balaban J connectivity index is 1.45. The number of hydrogen-bond acceptors (Lipinski definition) is 5. The first-order valence-corrected chi connectivity index (χ1v) is 11.3. The second-order valence-corrected chi connectivity index (χ2v) is 9.26. The van der Waals surface area contributed by atoms with Crippen molar-refractivity contribution in [1.29, 1.82) is 0 Å². The van der Waals surface area contributed by atoms with Gasteiger partial charge in [-0.1, -0.05) is 24.3 Å². The van der Waals surface area contributed by atoms with E-state index in [0.717, 1.165) is 66.2 Å². The molecule has 30 heavy (non-hydrogen) atoms. The lowest BCUT2D eigenvalue weighted by molar-refractivity contribution is 0.267. The van der Waals surface area contributed by atoms with Crippen LogP contribution in [0, 0.1) is 12.7 Å². The number of benzene rings is 1. The van der Waals surface area contributed by atoms with Crippen LogP contribution in [0.15, 0.2) is 42.6 Å². The van der Waals surface area contributed by atoms with Gasteiger partial charge in [0, 0.05) is 43.2 Å². The van der Waals surface area contributed by atoms with Gasteiger partial charge < -0.3 is 10.2 Å². The molecule has 154 valence electrons. The normalized spacial score (nSPS) is 18.4. The van der Waals surface area contributed by atoms with E-state index >= 15 is 0 Å². The molecular formula is C24H25FN4S. The highest BCUT2D eigenvalue weighted by Crippen LogP contribution is 2.28. The number of nitrogens with zero attached hydrogens (tertiary/aromatic N) is 3. The average Bonchev–Trinajstić information content (AvgIpc) is 3.05. The second kappa shape index (κ2) is 8.28. The van der Waals surface area contributed by atoms with Gasteiger partial charge in [-0.2, -0.15) is 0 Å². The molecule has 0 radical (unpaired) electrons. The SMILES string of the molecule is Cc1nc2c(s1)CC=c1cccnc1=C2N1CCNC(CCc2cccc(F)c2)C1. The summed E-state index contributed by atoms with van der Waals surface area (Å²) in [6.45, 7) is 4.83. The van der Waals surface area contributed by atoms with Crippen LogP contribution in [-0.4, -0.2) is 40.5 Å². The zero-order valence-corrected chi connectivity index (χ0v) is 17.9. The molecule has 1 unspecified atom stereocenters.